The number of rotatable bonds is 15. The highest BCUT2D eigenvalue weighted by Gasteiger charge is 2.35. The Kier molecular flexibility index (Phi) is 12.2. The molecule has 0 aliphatic heterocycles. The molecule has 0 aliphatic carbocycles. The zero-order chi connectivity index (χ0) is 29.9. The van der Waals surface area contributed by atoms with Crippen molar-refractivity contribution in [2.75, 3.05) is 27.9 Å². The summed E-state index contributed by atoms with van der Waals surface area (Å²) in [4.78, 5) is 35.8. The summed E-state index contributed by atoms with van der Waals surface area (Å²) < 4.78 is 33.0. The standard InChI is InChI=1S/C31H40O9/c1-20(39-22(3)33)18-26(19-23-10-9-11-27(36-7)29(23)30(34)37-8)40-28(16-17-38-21(2)32)31(4,5)24-12-14-25(35-6)15-13-24/h9-15,26,28H,1,16-19H2,2-8H3/t26-,28-/m0/s1. The van der Waals surface area contributed by atoms with E-state index >= 15 is 0 Å². The van der Waals surface area contributed by atoms with Crippen molar-refractivity contribution >= 4 is 17.9 Å². The Balaban J connectivity index is 2.51. The van der Waals surface area contributed by atoms with Gasteiger partial charge in [0.1, 0.15) is 22.8 Å². The van der Waals surface area contributed by atoms with E-state index in [0.717, 1.165) is 11.3 Å². The maximum Gasteiger partial charge on any atom is 0.341 e. The van der Waals surface area contributed by atoms with Gasteiger partial charge in [-0.3, -0.25) is 9.59 Å². The van der Waals surface area contributed by atoms with Crippen molar-refractivity contribution in [1.82, 2.24) is 0 Å². The van der Waals surface area contributed by atoms with E-state index in [1.807, 2.05) is 38.1 Å². The molecule has 0 saturated heterocycles. The average molecular weight is 557 g/mol. The first-order chi connectivity index (χ1) is 18.9. The first-order valence-corrected chi connectivity index (χ1v) is 13.0. The molecule has 9 heteroatoms. The van der Waals surface area contributed by atoms with Crippen LogP contribution in [0.2, 0.25) is 0 Å². The quantitative estimate of drug-likeness (QED) is 0.167. The molecule has 0 aromatic heterocycles. The lowest BCUT2D eigenvalue weighted by molar-refractivity contribution is -0.142. The highest BCUT2D eigenvalue weighted by Crippen LogP contribution is 2.35. The molecule has 0 fully saturated rings. The second-order valence-corrected chi connectivity index (χ2v) is 9.85. The molecule has 9 nitrogen and oxygen atoms in total. The van der Waals surface area contributed by atoms with Crippen LogP contribution in [-0.4, -0.2) is 58.1 Å². The lowest BCUT2D eigenvalue weighted by Gasteiger charge is -2.37. The molecule has 0 spiro atoms. The highest BCUT2D eigenvalue weighted by atomic mass is 16.5. The van der Waals surface area contributed by atoms with Gasteiger partial charge in [-0.2, -0.15) is 0 Å². The summed E-state index contributed by atoms with van der Waals surface area (Å²) in [6, 6.07) is 12.9. The largest absolute Gasteiger partial charge is 0.497 e. The third kappa shape index (κ3) is 9.12. The van der Waals surface area contributed by atoms with E-state index in [9.17, 15) is 14.4 Å². The van der Waals surface area contributed by atoms with Gasteiger partial charge in [0.15, 0.2) is 0 Å². The number of hydrogen-bond acceptors (Lipinski definition) is 9. The first-order valence-electron chi connectivity index (χ1n) is 13.0. The molecular formula is C31H40O9. The summed E-state index contributed by atoms with van der Waals surface area (Å²) in [7, 11) is 4.38. The van der Waals surface area contributed by atoms with Crippen molar-refractivity contribution in [3.8, 4) is 11.5 Å². The fraction of sp³-hybridized carbons (Fsp3) is 0.452. The molecular weight excluding hydrogens is 516 g/mol. The fourth-order valence-electron chi connectivity index (χ4n) is 4.51. The van der Waals surface area contributed by atoms with E-state index in [2.05, 4.69) is 6.58 Å². The minimum absolute atomic E-state index is 0.143. The topological polar surface area (TPSA) is 107 Å². The molecule has 2 atom stereocenters. The molecule has 0 aliphatic rings. The number of carbonyl (C=O) groups is 3. The summed E-state index contributed by atoms with van der Waals surface area (Å²) >= 11 is 0. The molecule has 0 radical (unpaired) electrons. The second kappa shape index (κ2) is 15.1. The van der Waals surface area contributed by atoms with Gasteiger partial charge in [-0.15, -0.1) is 0 Å². The number of ether oxygens (including phenoxy) is 6. The Labute approximate surface area is 236 Å². The predicted octanol–water partition coefficient (Wildman–Crippen LogP) is 5.18. The van der Waals surface area contributed by atoms with Gasteiger partial charge in [-0.1, -0.05) is 44.7 Å². The molecule has 218 valence electrons. The molecule has 2 aromatic carbocycles. The van der Waals surface area contributed by atoms with Crippen LogP contribution < -0.4 is 9.47 Å². The van der Waals surface area contributed by atoms with Crippen molar-refractivity contribution in [2.45, 2.75) is 64.6 Å². The Morgan fingerprint density at radius 2 is 1.60 bits per heavy atom. The van der Waals surface area contributed by atoms with Crippen molar-refractivity contribution in [3.63, 3.8) is 0 Å². The lowest BCUT2D eigenvalue weighted by Crippen LogP contribution is -2.40. The Morgan fingerprint density at radius 1 is 0.925 bits per heavy atom. The van der Waals surface area contributed by atoms with Gasteiger partial charge in [0.2, 0.25) is 0 Å². The van der Waals surface area contributed by atoms with Gasteiger partial charge in [0.25, 0.3) is 0 Å². The number of esters is 3. The van der Waals surface area contributed by atoms with E-state index in [-0.39, 0.29) is 36.7 Å². The average Bonchev–Trinajstić information content (AvgIpc) is 2.91. The van der Waals surface area contributed by atoms with Gasteiger partial charge >= 0.3 is 17.9 Å². The van der Waals surface area contributed by atoms with Crippen molar-refractivity contribution in [3.05, 3.63) is 71.5 Å². The maximum atomic E-state index is 12.7. The summed E-state index contributed by atoms with van der Waals surface area (Å²) in [6.45, 7) is 10.8. The van der Waals surface area contributed by atoms with Crippen molar-refractivity contribution in [1.29, 1.82) is 0 Å². The third-order valence-corrected chi connectivity index (χ3v) is 6.59. The Hall–Kier alpha value is -3.85. The molecule has 2 rings (SSSR count). The third-order valence-electron chi connectivity index (χ3n) is 6.59. The van der Waals surface area contributed by atoms with Crippen LogP contribution in [0.3, 0.4) is 0 Å². The van der Waals surface area contributed by atoms with Gasteiger partial charge in [0, 0.05) is 38.5 Å². The summed E-state index contributed by atoms with van der Waals surface area (Å²) in [6.07, 6.45) is -0.230. The first kappa shape index (κ1) is 32.4. The fourth-order valence-corrected chi connectivity index (χ4v) is 4.51. The van der Waals surface area contributed by atoms with Crippen LogP contribution in [0.5, 0.6) is 11.5 Å². The number of benzene rings is 2. The van der Waals surface area contributed by atoms with Crippen LogP contribution in [0, 0.1) is 0 Å². The van der Waals surface area contributed by atoms with Crippen LogP contribution in [0.1, 0.15) is 62.0 Å². The number of methoxy groups -OCH3 is 3. The molecule has 0 unspecified atom stereocenters. The van der Waals surface area contributed by atoms with Crippen LogP contribution in [-0.2, 0) is 40.4 Å². The van der Waals surface area contributed by atoms with E-state index in [1.165, 1.54) is 28.1 Å². The van der Waals surface area contributed by atoms with E-state index in [1.54, 1.807) is 25.3 Å². The van der Waals surface area contributed by atoms with Crippen LogP contribution in [0.15, 0.2) is 54.8 Å². The summed E-state index contributed by atoms with van der Waals surface area (Å²) in [5.41, 5.74) is 1.35. The minimum Gasteiger partial charge on any atom is -0.497 e. The Morgan fingerprint density at radius 3 is 2.15 bits per heavy atom. The molecule has 0 heterocycles. The van der Waals surface area contributed by atoms with Crippen LogP contribution in [0.25, 0.3) is 0 Å². The van der Waals surface area contributed by atoms with E-state index < -0.39 is 29.6 Å². The number of hydrogen-bond donors (Lipinski definition) is 0. The molecule has 40 heavy (non-hydrogen) atoms. The molecule has 0 bridgehead atoms. The van der Waals surface area contributed by atoms with Gasteiger partial charge < -0.3 is 28.4 Å². The zero-order valence-electron chi connectivity index (χ0n) is 24.4. The predicted molar refractivity (Wildman–Crippen MR) is 149 cm³/mol. The smallest absolute Gasteiger partial charge is 0.341 e. The summed E-state index contributed by atoms with van der Waals surface area (Å²) in [5, 5.41) is 0. The molecule has 2 aromatic rings. The van der Waals surface area contributed by atoms with E-state index in [4.69, 9.17) is 28.4 Å². The van der Waals surface area contributed by atoms with Gasteiger partial charge in [-0.05, 0) is 29.3 Å². The minimum atomic E-state index is -0.581. The number of carbonyl (C=O) groups excluding carboxylic acids is 3. The van der Waals surface area contributed by atoms with Crippen molar-refractivity contribution in [2.24, 2.45) is 0 Å². The second-order valence-electron chi connectivity index (χ2n) is 9.85. The van der Waals surface area contributed by atoms with E-state index in [0.29, 0.717) is 17.7 Å². The normalized spacial score (nSPS) is 12.6. The van der Waals surface area contributed by atoms with Crippen molar-refractivity contribution < 1.29 is 42.8 Å². The maximum absolute atomic E-state index is 12.7. The highest BCUT2D eigenvalue weighted by molar-refractivity contribution is 5.94. The monoisotopic (exact) mass is 556 g/mol. The SMILES string of the molecule is C=C(C[C@@H](Cc1cccc(OC)c1C(=O)OC)O[C@@H](CCOC(C)=O)C(C)(C)c1ccc(OC)cc1)OC(C)=O. The molecule has 0 N–H and O–H groups in total. The van der Waals surface area contributed by atoms with Gasteiger partial charge in [0.05, 0.1) is 40.1 Å². The zero-order valence-corrected chi connectivity index (χ0v) is 24.4. The molecule has 0 saturated carbocycles. The lowest BCUT2D eigenvalue weighted by atomic mass is 9.78. The van der Waals surface area contributed by atoms with Crippen LogP contribution in [0.4, 0.5) is 0 Å². The summed E-state index contributed by atoms with van der Waals surface area (Å²) in [5.74, 6) is -0.117. The van der Waals surface area contributed by atoms with Gasteiger partial charge in [-0.25, -0.2) is 4.79 Å². The van der Waals surface area contributed by atoms with Crippen LogP contribution >= 0.6 is 0 Å². The molecule has 0 amide bonds. The Bertz CT molecular complexity index is 1170.